The second-order valence-corrected chi connectivity index (χ2v) is 10.1. The standard InChI is InChI=1S/C28H20ClNO4S2/c29-22-8-4-7-21(17-22)24(31)14-13-18-9-11-20(12-10-18)16-25-26(32)30(28(35)36-25)23(27(33)34)15-19-5-2-1-3-6-19/h1-14,16-17,23H,15H2,(H,33,34)/b14-13+,25-16-. The van der Waals surface area contributed by atoms with E-state index in [1.165, 1.54) is 11.0 Å². The van der Waals surface area contributed by atoms with Crippen LogP contribution in [0.5, 0.6) is 0 Å². The fourth-order valence-corrected chi connectivity index (χ4v) is 5.19. The van der Waals surface area contributed by atoms with Crippen LogP contribution in [0.3, 0.4) is 0 Å². The molecule has 1 aliphatic rings. The predicted octanol–water partition coefficient (Wildman–Crippen LogP) is 6.13. The molecule has 1 fully saturated rings. The molecule has 1 N–H and O–H groups in total. The number of carboxylic acids is 1. The van der Waals surface area contributed by atoms with Gasteiger partial charge >= 0.3 is 5.97 Å². The van der Waals surface area contributed by atoms with E-state index < -0.39 is 17.9 Å². The van der Waals surface area contributed by atoms with E-state index in [9.17, 15) is 19.5 Å². The predicted molar refractivity (Wildman–Crippen MR) is 148 cm³/mol. The van der Waals surface area contributed by atoms with Crippen molar-refractivity contribution in [3.05, 3.63) is 117 Å². The Hall–Kier alpha value is -3.52. The van der Waals surface area contributed by atoms with Crippen molar-refractivity contribution in [2.45, 2.75) is 12.5 Å². The van der Waals surface area contributed by atoms with Gasteiger partial charge in [-0.15, -0.1) is 0 Å². The van der Waals surface area contributed by atoms with Gasteiger partial charge in [0.05, 0.1) is 4.91 Å². The van der Waals surface area contributed by atoms with Crippen LogP contribution in [-0.2, 0) is 16.0 Å². The number of hydrogen-bond donors (Lipinski definition) is 1. The van der Waals surface area contributed by atoms with Crippen LogP contribution in [0.25, 0.3) is 12.2 Å². The minimum Gasteiger partial charge on any atom is -0.480 e. The average Bonchev–Trinajstić information content (AvgIpc) is 3.14. The summed E-state index contributed by atoms with van der Waals surface area (Å²) in [6, 6.07) is 22.1. The van der Waals surface area contributed by atoms with Gasteiger partial charge in [-0.05, 0) is 41.0 Å². The second kappa shape index (κ2) is 11.5. The third kappa shape index (κ3) is 6.18. The quantitative estimate of drug-likeness (QED) is 0.213. The molecular weight excluding hydrogens is 514 g/mol. The van der Waals surface area contributed by atoms with Gasteiger partial charge in [-0.25, -0.2) is 4.79 Å². The number of nitrogens with zero attached hydrogens (tertiary/aromatic N) is 1. The molecule has 0 saturated carbocycles. The van der Waals surface area contributed by atoms with Crippen molar-refractivity contribution in [2.24, 2.45) is 0 Å². The molecule has 0 aromatic heterocycles. The smallest absolute Gasteiger partial charge is 0.327 e. The van der Waals surface area contributed by atoms with Crippen molar-refractivity contribution in [1.82, 2.24) is 4.90 Å². The number of hydrogen-bond acceptors (Lipinski definition) is 5. The largest absolute Gasteiger partial charge is 0.480 e. The Morgan fingerprint density at radius 2 is 1.69 bits per heavy atom. The summed E-state index contributed by atoms with van der Waals surface area (Å²) in [4.78, 5) is 38.9. The second-order valence-electron chi connectivity index (χ2n) is 7.97. The highest BCUT2D eigenvalue weighted by atomic mass is 35.5. The maximum absolute atomic E-state index is 13.1. The van der Waals surface area contributed by atoms with Crippen LogP contribution in [0.1, 0.15) is 27.0 Å². The topological polar surface area (TPSA) is 74.7 Å². The summed E-state index contributed by atoms with van der Waals surface area (Å²) in [5, 5.41) is 10.3. The zero-order chi connectivity index (χ0) is 25.7. The van der Waals surface area contributed by atoms with Crippen molar-refractivity contribution in [2.75, 3.05) is 0 Å². The first-order chi connectivity index (χ1) is 17.3. The van der Waals surface area contributed by atoms with Crippen LogP contribution < -0.4 is 0 Å². The number of carbonyl (C=O) groups is 3. The molecule has 0 bridgehead atoms. The molecule has 3 aromatic rings. The third-order valence-corrected chi connectivity index (χ3v) is 7.03. The lowest BCUT2D eigenvalue weighted by atomic mass is 10.0. The number of ketones is 1. The normalized spacial score (nSPS) is 15.6. The van der Waals surface area contributed by atoms with Crippen LogP contribution in [0.4, 0.5) is 0 Å². The Morgan fingerprint density at radius 3 is 2.36 bits per heavy atom. The number of halogens is 1. The van der Waals surface area contributed by atoms with Crippen molar-refractivity contribution < 1.29 is 19.5 Å². The zero-order valence-corrected chi connectivity index (χ0v) is 21.2. The fraction of sp³-hybridized carbons (Fsp3) is 0.0714. The van der Waals surface area contributed by atoms with Crippen LogP contribution in [0, 0.1) is 0 Å². The monoisotopic (exact) mass is 533 g/mol. The number of rotatable bonds is 8. The summed E-state index contributed by atoms with van der Waals surface area (Å²) in [7, 11) is 0. The molecule has 0 spiro atoms. The Labute approximate surface area is 223 Å². The Balaban J connectivity index is 1.47. The number of amides is 1. The molecule has 1 heterocycles. The van der Waals surface area contributed by atoms with E-state index in [2.05, 4.69) is 0 Å². The third-order valence-electron chi connectivity index (χ3n) is 5.46. The molecule has 180 valence electrons. The molecule has 1 aliphatic heterocycles. The van der Waals surface area contributed by atoms with Crippen molar-refractivity contribution in [3.63, 3.8) is 0 Å². The van der Waals surface area contributed by atoms with Gasteiger partial charge in [0.15, 0.2) is 5.78 Å². The number of aliphatic carboxylic acids is 1. The molecule has 4 rings (SSSR count). The molecule has 8 heteroatoms. The maximum atomic E-state index is 13.1. The van der Waals surface area contributed by atoms with E-state index in [0.717, 1.165) is 28.5 Å². The van der Waals surface area contributed by atoms with Gasteiger partial charge in [0.25, 0.3) is 5.91 Å². The van der Waals surface area contributed by atoms with Crippen LogP contribution in [0.15, 0.2) is 89.8 Å². The van der Waals surface area contributed by atoms with E-state index in [1.807, 2.05) is 54.6 Å². The van der Waals surface area contributed by atoms with Gasteiger partial charge in [-0.3, -0.25) is 14.5 Å². The first-order valence-electron chi connectivity index (χ1n) is 10.9. The Morgan fingerprint density at radius 1 is 1.00 bits per heavy atom. The average molecular weight is 534 g/mol. The highest BCUT2D eigenvalue weighted by Gasteiger charge is 2.40. The summed E-state index contributed by atoms with van der Waals surface area (Å²) in [6.07, 6.45) is 5.02. The van der Waals surface area contributed by atoms with Gasteiger partial charge in [0, 0.05) is 17.0 Å². The highest BCUT2D eigenvalue weighted by molar-refractivity contribution is 8.26. The van der Waals surface area contributed by atoms with Gasteiger partial charge in [0.2, 0.25) is 0 Å². The maximum Gasteiger partial charge on any atom is 0.327 e. The molecule has 5 nitrogen and oxygen atoms in total. The minimum atomic E-state index is -1.11. The van der Waals surface area contributed by atoms with Crippen molar-refractivity contribution >= 4 is 69.7 Å². The van der Waals surface area contributed by atoms with Gasteiger partial charge in [0.1, 0.15) is 10.4 Å². The summed E-state index contributed by atoms with van der Waals surface area (Å²) in [5.41, 5.74) is 2.87. The minimum absolute atomic E-state index is 0.158. The van der Waals surface area contributed by atoms with Crippen LogP contribution in [-0.4, -0.2) is 38.0 Å². The van der Waals surface area contributed by atoms with Gasteiger partial charge in [-0.2, -0.15) is 0 Å². The lowest BCUT2D eigenvalue weighted by Gasteiger charge is -2.23. The lowest BCUT2D eigenvalue weighted by molar-refractivity contribution is -0.145. The van der Waals surface area contributed by atoms with Crippen LogP contribution >= 0.6 is 35.6 Å². The molecule has 1 unspecified atom stereocenters. The molecule has 1 saturated heterocycles. The molecule has 0 aliphatic carbocycles. The highest BCUT2D eigenvalue weighted by Crippen LogP contribution is 2.34. The van der Waals surface area contributed by atoms with Crippen LogP contribution in [0.2, 0.25) is 5.02 Å². The number of thioether (sulfide) groups is 1. The van der Waals surface area contributed by atoms with E-state index in [1.54, 1.807) is 36.4 Å². The summed E-state index contributed by atoms with van der Waals surface area (Å²) in [6.45, 7) is 0. The Kier molecular flexibility index (Phi) is 8.15. The first kappa shape index (κ1) is 25.6. The SMILES string of the molecule is O=C(/C=C/c1ccc(/C=C2\SC(=S)N(C(Cc3ccccc3)C(=O)O)C2=O)cc1)c1cccc(Cl)c1. The van der Waals surface area contributed by atoms with Crippen molar-refractivity contribution in [3.8, 4) is 0 Å². The first-order valence-corrected chi connectivity index (χ1v) is 12.5. The van der Waals surface area contributed by atoms with E-state index in [0.29, 0.717) is 15.5 Å². The zero-order valence-electron chi connectivity index (χ0n) is 18.8. The molecule has 1 amide bonds. The molecule has 1 atom stereocenters. The number of carboxylic acid groups (broad SMARTS) is 1. The molecular formula is C28H20ClNO4S2. The lowest BCUT2D eigenvalue weighted by Crippen LogP contribution is -2.45. The van der Waals surface area contributed by atoms with E-state index in [-0.39, 0.29) is 16.5 Å². The summed E-state index contributed by atoms with van der Waals surface area (Å²) < 4.78 is 0.216. The molecule has 0 radical (unpaired) electrons. The van der Waals surface area contributed by atoms with Crippen molar-refractivity contribution in [1.29, 1.82) is 0 Å². The number of carbonyl (C=O) groups excluding carboxylic acids is 2. The van der Waals surface area contributed by atoms with Gasteiger partial charge < -0.3 is 5.11 Å². The molecule has 3 aromatic carbocycles. The van der Waals surface area contributed by atoms with E-state index in [4.69, 9.17) is 23.8 Å². The molecule has 36 heavy (non-hydrogen) atoms. The van der Waals surface area contributed by atoms with Gasteiger partial charge in [-0.1, -0.05) is 108 Å². The summed E-state index contributed by atoms with van der Waals surface area (Å²) >= 11 is 12.4. The fourth-order valence-electron chi connectivity index (χ4n) is 3.64. The Bertz CT molecular complexity index is 1380. The number of thiocarbonyl (C=S) groups is 1. The summed E-state index contributed by atoms with van der Waals surface area (Å²) in [5.74, 6) is -1.70. The number of allylic oxidation sites excluding steroid dienone is 1. The number of benzene rings is 3. The van der Waals surface area contributed by atoms with E-state index >= 15 is 0 Å².